The van der Waals surface area contributed by atoms with Crippen LogP contribution in [0.1, 0.15) is 27.2 Å². The van der Waals surface area contributed by atoms with E-state index >= 15 is 0 Å². The maximum atomic E-state index is 13.8. The van der Waals surface area contributed by atoms with Gasteiger partial charge in [0, 0.05) is 12.1 Å². The van der Waals surface area contributed by atoms with Gasteiger partial charge in [0.2, 0.25) is 0 Å². The lowest BCUT2D eigenvalue weighted by Gasteiger charge is -2.13. The summed E-state index contributed by atoms with van der Waals surface area (Å²) in [6, 6.07) is 5.30. The van der Waals surface area contributed by atoms with Crippen LogP contribution in [0.25, 0.3) is 5.69 Å². The van der Waals surface area contributed by atoms with Gasteiger partial charge in [-0.2, -0.15) is 31.4 Å². The molecule has 0 saturated carbocycles. The first-order valence-corrected chi connectivity index (χ1v) is 8.43. The van der Waals surface area contributed by atoms with Crippen molar-refractivity contribution in [3.05, 3.63) is 82.7 Å². The van der Waals surface area contributed by atoms with E-state index in [1.54, 1.807) is 0 Å². The van der Waals surface area contributed by atoms with Crippen LogP contribution in [0, 0.1) is 11.6 Å². The Bertz CT molecular complexity index is 1100. The molecule has 3 aromatic rings. The molecule has 0 aliphatic carbocycles. The molecule has 0 aliphatic heterocycles. The van der Waals surface area contributed by atoms with Crippen molar-refractivity contribution in [2.45, 2.75) is 18.9 Å². The van der Waals surface area contributed by atoms with Crippen molar-refractivity contribution in [1.82, 2.24) is 15.1 Å². The molecule has 0 atom stereocenters. The van der Waals surface area contributed by atoms with E-state index in [-0.39, 0.29) is 5.69 Å². The quantitative estimate of drug-likeness (QED) is 0.563. The van der Waals surface area contributed by atoms with E-state index in [4.69, 9.17) is 0 Å². The van der Waals surface area contributed by atoms with E-state index in [0.29, 0.717) is 29.1 Å². The van der Waals surface area contributed by atoms with Gasteiger partial charge in [0.1, 0.15) is 11.6 Å². The van der Waals surface area contributed by atoms with E-state index in [0.717, 1.165) is 24.3 Å². The summed E-state index contributed by atoms with van der Waals surface area (Å²) in [5.74, 6) is -3.12. The molecule has 1 N–H and O–H groups in total. The Morgan fingerprint density at radius 1 is 0.935 bits per heavy atom. The minimum absolute atomic E-state index is 0.184. The van der Waals surface area contributed by atoms with Crippen LogP contribution >= 0.6 is 0 Å². The number of alkyl halides is 6. The lowest BCUT2D eigenvalue weighted by molar-refractivity contribution is -0.143. The van der Waals surface area contributed by atoms with Crippen molar-refractivity contribution < 1.29 is 39.9 Å². The molecule has 1 heterocycles. The Labute approximate surface area is 169 Å². The van der Waals surface area contributed by atoms with Gasteiger partial charge in [-0.05, 0) is 42.5 Å². The van der Waals surface area contributed by atoms with Crippen LogP contribution in [0.4, 0.5) is 35.1 Å². The molecule has 2 aromatic carbocycles. The molecule has 31 heavy (non-hydrogen) atoms. The summed E-state index contributed by atoms with van der Waals surface area (Å²) in [6.07, 6.45) is -9.23. The molecule has 1 aromatic heterocycles. The first-order valence-electron chi connectivity index (χ1n) is 8.43. The molecule has 164 valence electrons. The Morgan fingerprint density at radius 2 is 1.58 bits per heavy atom. The summed E-state index contributed by atoms with van der Waals surface area (Å²) in [5.41, 5.74) is -4.36. The van der Waals surface area contributed by atoms with E-state index in [1.807, 2.05) is 5.32 Å². The fraction of sp³-hybridized carbons (Fsp3) is 0.158. The van der Waals surface area contributed by atoms with Crippen molar-refractivity contribution in [3.63, 3.8) is 0 Å². The highest BCUT2D eigenvalue weighted by Gasteiger charge is 2.40. The Kier molecular flexibility index (Phi) is 5.74. The second kappa shape index (κ2) is 8.00. The van der Waals surface area contributed by atoms with Crippen LogP contribution in [0.5, 0.6) is 0 Å². The smallest absolute Gasteiger partial charge is 0.348 e. The molecule has 0 unspecified atom stereocenters. The van der Waals surface area contributed by atoms with E-state index in [2.05, 4.69) is 5.10 Å². The summed E-state index contributed by atoms with van der Waals surface area (Å²) in [5, 5.41) is 5.47. The third-order valence-corrected chi connectivity index (χ3v) is 4.17. The van der Waals surface area contributed by atoms with Gasteiger partial charge in [-0.1, -0.05) is 0 Å². The molecule has 0 spiro atoms. The third-order valence-electron chi connectivity index (χ3n) is 4.17. The van der Waals surface area contributed by atoms with E-state index in [1.165, 1.54) is 0 Å². The van der Waals surface area contributed by atoms with Crippen LogP contribution in [-0.4, -0.2) is 15.7 Å². The summed E-state index contributed by atoms with van der Waals surface area (Å²) < 4.78 is 106. The van der Waals surface area contributed by atoms with Gasteiger partial charge in [0.15, 0.2) is 5.69 Å². The SMILES string of the molecule is O=C(NCc1cc(C(F)(F)F)ccc1F)c1cnn(-c2ccc(F)cc2)c1C(F)(F)F. The normalized spacial score (nSPS) is 12.1. The number of carbonyl (C=O) groups is 1. The van der Waals surface area contributed by atoms with Gasteiger partial charge < -0.3 is 5.32 Å². The molecular formula is C19H11F8N3O. The van der Waals surface area contributed by atoms with Gasteiger partial charge in [0.05, 0.1) is 23.0 Å². The average molecular weight is 449 g/mol. The zero-order chi connectivity index (χ0) is 23.0. The molecule has 0 aliphatic rings. The average Bonchev–Trinajstić information content (AvgIpc) is 3.12. The van der Waals surface area contributed by atoms with E-state index < -0.39 is 58.8 Å². The van der Waals surface area contributed by atoms with E-state index in [9.17, 15) is 39.9 Å². The molecule has 12 heteroatoms. The summed E-state index contributed by atoms with van der Waals surface area (Å²) >= 11 is 0. The van der Waals surface area contributed by atoms with Crippen molar-refractivity contribution in [2.75, 3.05) is 0 Å². The molecule has 0 bridgehead atoms. The molecular weight excluding hydrogens is 438 g/mol. The zero-order valence-electron chi connectivity index (χ0n) is 15.2. The number of rotatable bonds is 4. The molecule has 0 fully saturated rings. The van der Waals surface area contributed by atoms with Gasteiger partial charge in [-0.3, -0.25) is 4.79 Å². The number of benzene rings is 2. The van der Waals surface area contributed by atoms with Crippen LogP contribution in [0.2, 0.25) is 0 Å². The highest BCUT2D eigenvalue weighted by atomic mass is 19.4. The number of hydrogen-bond acceptors (Lipinski definition) is 2. The fourth-order valence-corrected chi connectivity index (χ4v) is 2.72. The largest absolute Gasteiger partial charge is 0.434 e. The lowest BCUT2D eigenvalue weighted by atomic mass is 10.1. The molecule has 3 rings (SSSR count). The predicted molar refractivity (Wildman–Crippen MR) is 91.1 cm³/mol. The first kappa shape index (κ1) is 22.2. The summed E-state index contributed by atoms with van der Waals surface area (Å²) in [4.78, 5) is 12.3. The number of nitrogens with one attached hydrogen (secondary N) is 1. The van der Waals surface area contributed by atoms with Gasteiger partial charge in [-0.25, -0.2) is 13.5 Å². The topological polar surface area (TPSA) is 46.9 Å². The third kappa shape index (κ3) is 4.84. The second-order valence-corrected chi connectivity index (χ2v) is 6.28. The number of aromatic nitrogens is 2. The van der Waals surface area contributed by atoms with Crippen LogP contribution in [0.3, 0.4) is 0 Å². The zero-order valence-corrected chi connectivity index (χ0v) is 15.2. The number of carbonyl (C=O) groups excluding carboxylic acids is 1. The molecule has 0 radical (unpaired) electrons. The molecule has 0 saturated heterocycles. The van der Waals surface area contributed by atoms with Crippen LogP contribution in [-0.2, 0) is 18.9 Å². The highest BCUT2D eigenvalue weighted by Crippen LogP contribution is 2.34. The fourth-order valence-electron chi connectivity index (χ4n) is 2.72. The standard InChI is InChI=1S/C19H11F8N3O/c20-12-2-4-13(5-3-12)30-16(19(25,26)27)14(9-29-30)17(31)28-8-10-7-11(18(22,23)24)1-6-15(10)21/h1-7,9H,8H2,(H,28,31). The highest BCUT2D eigenvalue weighted by molar-refractivity contribution is 5.95. The second-order valence-electron chi connectivity index (χ2n) is 6.28. The molecule has 4 nitrogen and oxygen atoms in total. The van der Waals surface area contributed by atoms with Crippen LogP contribution < -0.4 is 5.32 Å². The summed E-state index contributed by atoms with van der Waals surface area (Å²) in [7, 11) is 0. The monoisotopic (exact) mass is 449 g/mol. The van der Waals surface area contributed by atoms with Crippen LogP contribution in [0.15, 0.2) is 48.7 Å². The van der Waals surface area contributed by atoms with Crippen molar-refractivity contribution >= 4 is 5.91 Å². The summed E-state index contributed by atoms with van der Waals surface area (Å²) in [6.45, 7) is -0.798. The predicted octanol–water partition coefficient (Wildman–Crippen LogP) is 5.12. The number of hydrogen-bond donors (Lipinski definition) is 1. The maximum Gasteiger partial charge on any atom is 0.434 e. The molecule has 1 amide bonds. The van der Waals surface area contributed by atoms with Crippen molar-refractivity contribution in [3.8, 4) is 5.69 Å². The Morgan fingerprint density at radius 3 is 2.16 bits per heavy atom. The number of halogens is 8. The number of nitrogens with zero attached hydrogens (tertiary/aromatic N) is 2. The van der Waals surface area contributed by atoms with Gasteiger partial charge in [-0.15, -0.1) is 0 Å². The first-order chi connectivity index (χ1) is 14.4. The number of amides is 1. The van der Waals surface area contributed by atoms with Gasteiger partial charge >= 0.3 is 12.4 Å². The Balaban J connectivity index is 1.90. The minimum Gasteiger partial charge on any atom is -0.348 e. The van der Waals surface area contributed by atoms with Gasteiger partial charge in [0.25, 0.3) is 5.91 Å². The lowest BCUT2D eigenvalue weighted by Crippen LogP contribution is -2.27. The minimum atomic E-state index is -5.06. The Hall–Kier alpha value is -3.44. The maximum absolute atomic E-state index is 13.8. The van der Waals surface area contributed by atoms with Crippen molar-refractivity contribution in [2.24, 2.45) is 0 Å². The van der Waals surface area contributed by atoms with Crippen molar-refractivity contribution in [1.29, 1.82) is 0 Å².